The van der Waals surface area contributed by atoms with Crippen molar-refractivity contribution in [1.29, 1.82) is 0 Å². The maximum atomic E-state index is 12.0. The summed E-state index contributed by atoms with van der Waals surface area (Å²) in [7, 11) is -0.831. The zero-order chi connectivity index (χ0) is 11.6. The second kappa shape index (κ2) is 9.18. The number of hydrogen-bond donors (Lipinski definition) is 0. The molecule has 0 N–H and O–H groups in total. The van der Waals surface area contributed by atoms with Crippen molar-refractivity contribution in [2.45, 2.75) is 45.4 Å². The predicted octanol–water partition coefficient (Wildman–Crippen LogP) is 4.46. The van der Waals surface area contributed by atoms with Gasteiger partial charge in [0.2, 0.25) is 7.37 Å². The Morgan fingerprint density at radius 2 is 1.80 bits per heavy atom. The maximum absolute atomic E-state index is 12.0. The summed E-state index contributed by atoms with van der Waals surface area (Å²) in [6, 6.07) is 0. The molecule has 0 saturated heterocycles. The summed E-state index contributed by atoms with van der Waals surface area (Å²) in [4.78, 5) is 0. The minimum Gasteiger partial charge on any atom is -0.332 e. The molecule has 0 amide bonds. The van der Waals surface area contributed by atoms with Crippen LogP contribution in [0.25, 0.3) is 0 Å². The molecule has 15 heavy (non-hydrogen) atoms. The van der Waals surface area contributed by atoms with Crippen LogP contribution in [0, 0.1) is 0 Å². The van der Waals surface area contributed by atoms with E-state index in [1.807, 2.05) is 0 Å². The number of allylic oxidation sites excluding steroid dienone is 1. The van der Waals surface area contributed by atoms with Crippen molar-refractivity contribution in [2.75, 3.05) is 19.4 Å². The Morgan fingerprint density at radius 1 is 1.20 bits per heavy atom. The first-order valence-electron chi connectivity index (χ1n) is 5.93. The zero-order valence-electron chi connectivity index (χ0n) is 10.2. The normalized spacial score (nSPS) is 14.8. The first-order chi connectivity index (χ1) is 7.18. The quantitative estimate of drug-likeness (QED) is 0.316. The standard InChI is InChI=1S/C12H25O2P/c1-4-6-7-8-9-10-12-15(13,14-3)11-5-2/h5H,2,4,6-12H2,1,3H3. The second-order valence-corrected chi connectivity index (χ2v) is 6.77. The third-order valence-electron chi connectivity index (χ3n) is 2.59. The highest BCUT2D eigenvalue weighted by Crippen LogP contribution is 2.46. The van der Waals surface area contributed by atoms with Gasteiger partial charge in [-0.05, 0) is 6.42 Å². The van der Waals surface area contributed by atoms with Gasteiger partial charge in [0.25, 0.3) is 0 Å². The van der Waals surface area contributed by atoms with Gasteiger partial charge < -0.3 is 4.52 Å². The molecule has 1 atom stereocenters. The number of hydrogen-bond acceptors (Lipinski definition) is 2. The Labute approximate surface area is 94.6 Å². The monoisotopic (exact) mass is 232 g/mol. The van der Waals surface area contributed by atoms with E-state index < -0.39 is 7.37 Å². The van der Waals surface area contributed by atoms with Gasteiger partial charge in [-0.25, -0.2) is 0 Å². The third-order valence-corrected chi connectivity index (χ3v) is 5.07. The fourth-order valence-electron chi connectivity index (χ4n) is 1.59. The predicted molar refractivity (Wildman–Crippen MR) is 67.9 cm³/mol. The van der Waals surface area contributed by atoms with Crippen molar-refractivity contribution in [3.8, 4) is 0 Å². The summed E-state index contributed by atoms with van der Waals surface area (Å²) in [6.45, 7) is 5.82. The molecular weight excluding hydrogens is 207 g/mol. The summed E-state index contributed by atoms with van der Waals surface area (Å²) in [5.41, 5.74) is 0. The first kappa shape index (κ1) is 14.9. The molecule has 0 aliphatic heterocycles. The summed E-state index contributed by atoms with van der Waals surface area (Å²) in [6.07, 6.45) is 10.2. The Morgan fingerprint density at radius 3 is 2.33 bits per heavy atom. The second-order valence-electron chi connectivity index (χ2n) is 3.96. The van der Waals surface area contributed by atoms with Gasteiger partial charge in [0.05, 0.1) is 0 Å². The number of rotatable bonds is 10. The average Bonchev–Trinajstić information content (AvgIpc) is 2.24. The Bertz CT molecular complexity index is 202. The van der Waals surface area contributed by atoms with Crippen LogP contribution in [0.3, 0.4) is 0 Å². The molecule has 0 rings (SSSR count). The van der Waals surface area contributed by atoms with E-state index in [-0.39, 0.29) is 0 Å². The molecule has 0 aliphatic carbocycles. The molecule has 90 valence electrons. The summed E-state index contributed by atoms with van der Waals surface area (Å²) in [5.74, 6) is 0. The van der Waals surface area contributed by atoms with Gasteiger partial charge in [0.15, 0.2) is 0 Å². The molecule has 0 fully saturated rings. The summed E-state index contributed by atoms with van der Waals surface area (Å²) in [5, 5.41) is 0. The lowest BCUT2D eigenvalue weighted by atomic mass is 10.1. The Balaban J connectivity index is 3.55. The minimum absolute atomic E-state index is 0.512. The molecular formula is C12H25O2P. The average molecular weight is 232 g/mol. The van der Waals surface area contributed by atoms with Crippen molar-refractivity contribution >= 4 is 7.37 Å². The van der Waals surface area contributed by atoms with Gasteiger partial charge in [-0.15, -0.1) is 6.58 Å². The van der Waals surface area contributed by atoms with Gasteiger partial charge in [0.1, 0.15) is 0 Å². The lowest BCUT2D eigenvalue weighted by Crippen LogP contribution is -1.96. The van der Waals surface area contributed by atoms with E-state index in [4.69, 9.17) is 4.52 Å². The summed E-state index contributed by atoms with van der Waals surface area (Å²) < 4.78 is 17.1. The van der Waals surface area contributed by atoms with E-state index in [1.165, 1.54) is 32.1 Å². The van der Waals surface area contributed by atoms with Crippen LogP contribution in [-0.4, -0.2) is 19.4 Å². The van der Waals surface area contributed by atoms with E-state index in [9.17, 15) is 4.57 Å². The molecule has 0 saturated carbocycles. The molecule has 0 bridgehead atoms. The third kappa shape index (κ3) is 7.81. The molecule has 1 unspecified atom stereocenters. The maximum Gasteiger partial charge on any atom is 0.206 e. The van der Waals surface area contributed by atoms with E-state index in [2.05, 4.69) is 13.5 Å². The van der Waals surface area contributed by atoms with Gasteiger partial charge >= 0.3 is 0 Å². The van der Waals surface area contributed by atoms with Crippen LogP contribution in [0.2, 0.25) is 0 Å². The van der Waals surface area contributed by atoms with E-state index >= 15 is 0 Å². The smallest absolute Gasteiger partial charge is 0.206 e. The highest BCUT2D eigenvalue weighted by molar-refractivity contribution is 7.59. The topological polar surface area (TPSA) is 26.3 Å². The van der Waals surface area contributed by atoms with Crippen LogP contribution in [0.4, 0.5) is 0 Å². The van der Waals surface area contributed by atoms with Crippen LogP contribution in [0.15, 0.2) is 12.7 Å². The fourth-order valence-corrected chi connectivity index (χ4v) is 3.20. The Hall–Kier alpha value is -0.0700. The van der Waals surface area contributed by atoms with Gasteiger partial charge in [-0.2, -0.15) is 0 Å². The lowest BCUT2D eigenvalue weighted by molar-refractivity contribution is 0.394. The molecule has 0 spiro atoms. The SMILES string of the molecule is C=CCP(=O)(CCCCCCCC)OC. The molecule has 0 radical (unpaired) electrons. The summed E-state index contributed by atoms with van der Waals surface area (Å²) >= 11 is 0. The largest absolute Gasteiger partial charge is 0.332 e. The molecule has 2 nitrogen and oxygen atoms in total. The zero-order valence-corrected chi connectivity index (χ0v) is 11.1. The molecule has 0 aromatic carbocycles. The molecule has 3 heteroatoms. The van der Waals surface area contributed by atoms with Crippen LogP contribution < -0.4 is 0 Å². The van der Waals surface area contributed by atoms with Gasteiger partial charge in [-0.1, -0.05) is 45.1 Å². The van der Waals surface area contributed by atoms with Crippen molar-refractivity contribution in [3.05, 3.63) is 12.7 Å². The number of unbranched alkanes of at least 4 members (excludes halogenated alkanes) is 5. The van der Waals surface area contributed by atoms with Crippen molar-refractivity contribution < 1.29 is 9.09 Å². The first-order valence-corrected chi connectivity index (χ1v) is 7.92. The van der Waals surface area contributed by atoms with Crippen LogP contribution >= 0.6 is 7.37 Å². The van der Waals surface area contributed by atoms with Gasteiger partial charge in [0, 0.05) is 19.4 Å². The molecule has 0 heterocycles. The lowest BCUT2D eigenvalue weighted by Gasteiger charge is -2.13. The van der Waals surface area contributed by atoms with Crippen LogP contribution in [-0.2, 0) is 9.09 Å². The molecule has 0 aromatic heterocycles. The van der Waals surface area contributed by atoms with Crippen molar-refractivity contribution in [2.24, 2.45) is 0 Å². The minimum atomic E-state index is -2.37. The Kier molecular flexibility index (Phi) is 9.13. The van der Waals surface area contributed by atoms with Crippen molar-refractivity contribution in [3.63, 3.8) is 0 Å². The fraction of sp³-hybridized carbons (Fsp3) is 0.833. The van der Waals surface area contributed by atoms with Gasteiger partial charge in [-0.3, -0.25) is 4.57 Å². The van der Waals surface area contributed by atoms with Crippen LogP contribution in [0.1, 0.15) is 45.4 Å². The highest BCUT2D eigenvalue weighted by atomic mass is 31.2. The highest BCUT2D eigenvalue weighted by Gasteiger charge is 2.18. The molecule has 0 aliphatic rings. The van der Waals surface area contributed by atoms with Crippen molar-refractivity contribution in [1.82, 2.24) is 0 Å². The molecule has 0 aromatic rings. The van der Waals surface area contributed by atoms with E-state index in [0.29, 0.717) is 12.3 Å². The van der Waals surface area contributed by atoms with E-state index in [0.717, 1.165) is 6.42 Å². The van der Waals surface area contributed by atoms with E-state index in [1.54, 1.807) is 13.2 Å². The van der Waals surface area contributed by atoms with Crippen LogP contribution in [0.5, 0.6) is 0 Å².